The van der Waals surface area contributed by atoms with Gasteiger partial charge in [-0.25, -0.2) is 0 Å². The molecule has 0 aromatic rings. The summed E-state index contributed by atoms with van der Waals surface area (Å²) in [5, 5.41) is 0. The Morgan fingerprint density at radius 2 is 2.29 bits per heavy atom. The summed E-state index contributed by atoms with van der Waals surface area (Å²) in [6.07, 6.45) is 2.34. The lowest BCUT2D eigenvalue weighted by Crippen LogP contribution is -2.45. The Morgan fingerprint density at radius 3 is 2.86 bits per heavy atom. The van der Waals surface area contributed by atoms with E-state index in [4.69, 9.17) is 5.73 Å². The number of carbonyl (C=O) groups is 1. The predicted molar refractivity (Wildman–Crippen MR) is 56.9 cm³/mol. The molecule has 1 fully saturated rings. The summed E-state index contributed by atoms with van der Waals surface area (Å²) in [6, 6.07) is 0. The highest BCUT2D eigenvalue weighted by Crippen LogP contribution is 2.16. The van der Waals surface area contributed by atoms with Crippen molar-refractivity contribution >= 4 is 5.91 Å². The number of likely N-dealkylation sites (tertiary alicyclic amines) is 1. The average molecular weight is 199 g/mol. The molecule has 0 radical (unpaired) electrons. The molecule has 0 aromatic heterocycles. The summed E-state index contributed by atoms with van der Waals surface area (Å²) >= 11 is 0. The molecule has 4 nitrogen and oxygen atoms in total. The van der Waals surface area contributed by atoms with E-state index in [1.807, 2.05) is 4.90 Å². The molecule has 0 spiro atoms. The first kappa shape index (κ1) is 11.5. The van der Waals surface area contributed by atoms with Gasteiger partial charge in [0.05, 0.1) is 6.54 Å². The van der Waals surface area contributed by atoms with Crippen LogP contribution < -0.4 is 5.73 Å². The second-order valence-electron chi connectivity index (χ2n) is 4.31. The van der Waals surface area contributed by atoms with Crippen molar-refractivity contribution in [3.8, 4) is 0 Å². The molecule has 1 rings (SSSR count). The van der Waals surface area contributed by atoms with Crippen LogP contribution in [-0.2, 0) is 4.79 Å². The van der Waals surface area contributed by atoms with Crippen LogP contribution in [0.15, 0.2) is 0 Å². The quantitative estimate of drug-likeness (QED) is 0.681. The molecule has 4 heteroatoms. The van der Waals surface area contributed by atoms with E-state index in [0.29, 0.717) is 5.92 Å². The Bertz CT molecular complexity index is 194. The Kier molecular flexibility index (Phi) is 4.35. The molecule has 0 unspecified atom stereocenters. The van der Waals surface area contributed by atoms with Crippen molar-refractivity contribution in [3.05, 3.63) is 0 Å². The van der Waals surface area contributed by atoms with E-state index >= 15 is 0 Å². The number of piperidine rings is 1. The molecule has 1 saturated heterocycles. The SMILES string of the molecule is CN(C)C[C@@H]1CCCN(C(=O)CN)C1. The molecule has 1 aliphatic rings. The number of nitrogens with zero attached hydrogens (tertiary/aromatic N) is 2. The number of rotatable bonds is 3. The Labute approximate surface area is 86.0 Å². The fraction of sp³-hybridized carbons (Fsp3) is 0.900. The van der Waals surface area contributed by atoms with Gasteiger partial charge in [0.1, 0.15) is 0 Å². The number of nitrogens with two attached hydrogens (primary N) is 1. The van der Waals surface area contributed by atoms with E-state index in [0.717, 1.165) is 26.1 Å². The van der Waals surface area contributed by atoms with Gasteiger partial charge in [0.15, 0.2) is 0 Å². The van der Waals surface area contributed by atoms with Crippen LogP contribution in [-0.4, -0.2) is 56.0 Å². The highest BCUT2D eigenvalue weighted by molar-refractivity contribution is 5.78. The monoisotopic (exact) mass is 199 g/mol. The fourth-order valence-corrected chi connectivity index (χ4v) is 2.09. The summed E-state index contributed by atoms with van der Waals surface area (Å²) in [5.41, 5.74) is 5.35. The summed E-state index contributed by atoms with van der Waals surface area (Å²) in [4.78, 5) is 15.5. The van der Waals surface area contributed by atoms with Gasteiger partial charge in [0.25, 0.3) is 0 Å². The van der Waals surface area contributed by atoms with Gasteiger partial charge in [0.2, 0.25) is 5.91 Å². The largest absolute Gasteiger partial charge is 0.341 e. The summed E-state index contributed by atoms with van der Waals surface area (Å²) in [5.74, 6) is 0.711. The van der Waals surface area contributed by atoms with Crippen molar-refractivity contribution in [3.63, 3.8) is 0 Å². The second kappa shape index (κ2) is 5.32. The van der Waals surface area contributed by atoms with Crippen molar-refractivity contribution in [1.29, 1.82) is 0 Å². The Balaban J connectivity index is 2.39. The van der Waals surface area contributed by atoms with Gasteiger partial charge in [-0.2, -0.15) is 0 Å². The minimum absolute atomic E-state index is 0.0912. The van der Waals surface area contributed by atoms with E-state index in [9.17, 15) is 4.79 Å². The standard InChI is InChI=1S/C10H21N3O/c1-12(2)7-9-4-3-5-13(8-9)10(14)6-11/h9H,3-8,11H2,1-2H3/t9-/m0/s1. The summed E-state index contributed by atoms with van der Waals surface area (Å²) < 4.78 is 0. The zero-order chi connectivity index (χ0) is 10.6. The molecule has 0 aromatic carbocycles. The van der Waals surface area contributed by atoms with E-state index < -0.39 is 0 Å². The minimum atomic E-state index is 0.0912. The highest BCUT2D eigenvalue weighted by atomic mass is 16.2. The number of amides is 1. The highest BCUT2D eigenvalue weighted by Gasteiger charge is 2.22. The smallest absolute Gasteiger partial charge is 0.236 e. The third-order valence-electron chi connectivity index (χ3n) is 2.67. The summed E-state index contributed by atoms with van der Waals surface area (Å²) in [6.45, 7) is 2.98. The van der Waals surface area contributed by atoms with Crippen LogP contribution in [0.25, 0.3) is 0 Å². The number of hydrogen-bond donors (Lipinski definition) is 1. The van der Waals surface area contributed by atoms with Crippen molar-refractivity contribution in [2.24, 2.45) is 11.7 Å². The van der Waals surface area contributed by atoms with Gasteiger partial charge in [-0.15, -0.1) is 0 Å². The zero-order valence-corrected chi connectivity index (χ0v) is 9.20. The molecule has 14 heavy (non-hydrogen) atoms. The van der Waals surface area contributed by atoms with Crippen LogP contribution in [0.1, 0.15) is 12.8 Å². The molecule has 1 heterocycles. The lowest BCUT2D eigenvalue weighted by Gasteiger charge is -2.33. The molecular formula is C10H21N3O. The van der Waals surface area contributed by atoms with Crippen molar-refractivity contribution < 1.29 is 4.79 Å². The van der Waals surface area contributed by atoms with E-state index in [1.165, 1.54) is 6.42 Å². The van der Waals surface area contributed by atoms with Crippen LogP contribution in [0.2, 0.25) is 0 Å². The lowest BCUT2D eigenvalue weighted by molar-refractivity contribution is -0.131. The van der Waals surface area contributed by atoms with Crippen molar-refractivity contribution in [1.82, 2.24) is 9.80 Å². The van der Waals surface area contributed by atoms with Gasteiger partial charge >= 0.3 is 0 Å². The van der Waals surface area contributed by atoms with E-state index in [2.05, 4.69) is 19.0 Å². The molecule has 2 N–H and O–H groups in total. The first-order chi connectivity index (χ1) is 6.63. The van der Waals surface area contributed by atoms with Gasteiger partial charge < -0.3 is 15.5 Å². The van der Waals surface area contributed by atoms with Crippen LogP contribution in [0.3, 0.4) is 0 Å². The minimum Gasteiger partial charge on any atom is -0.341 e. The average Bonchev–Trinajstić information content (AvgIpc) is 2.16. The molecule has 0 aliphatic carbocycles. The Morgan fingerprint density at radius 1 is 1.57 bits per heavy atom. The molecule has 1 amide bonds. The van der Waals surface area contributed by atoms with Crippen LogP contribution in [0.5, 0.6) is 0 Å². The van der Waals surface area contributed by atoms with Crippen LogP contribution >= 0.6 is 0 Å². The lowest BCUT2D eigenvalue weighted by atomic mass is 9.97. The molecule has 0 saturated carbocycles. The first-order valence-corrected chi connectivity index (χ1v) is 5.26. The predicted octanol–water partition coefficient (Wildman–Crippen LogP) is -0.255. The molecular weight excluding hydrogens is 178 g/mol. The van der Waals surface area contributed by atoms with Gasteiger partial charge in [-0.1, -0.05) is 0 Å². The van der Waals surface area contributed by atoms with E-state index in [1.54, 1.807) is 0 Å². The maximum absolute atomic E-state index is 11.4. The zero-order valence-electron chi connectivity index (χ0n) is 9.20. The van der Waals surface area contributed by atoms with E-state index in [-0.39, 0.29) is 12.5 Å². The third kappa shape index (κ3) is 3.27. The maximum atomic E-state index is 11.4. The maximum Gasteiger partial charge on any atom is 0.236 e. The molecule has 0 bridgehead atoms. The Hall–Kier alpha value is -0.610. The third-order valence-corrected chi connectivity index (χ3v) is 2.67. The second-order valence-corrected chi connectivity index (χ2v) is 4.31. The van der Waals surface area contributed by atoms with Crippen molar-refractivity contribution in [2.45, 2.75) is 12.8 Å². The fourth-order valence-electron chi connectivity index (χ4n) is 2.09. The summed E-state index contributed by atoms with van der Waals surface area (Å²) in [7, 11) is 4.15. The van der Waals surface area contributed by atoms with Crippen molar-refractivity contribution in [2.75, 3.05) is 40.3 Å². The van der Waals surface area contributed by atoms with Crippen LogP contribution in [0, 0.1) is 5.92 Å². The topological polar surface area (TPSA) is 49.6 Å². The normalized spacial score (nSPS) is 22.9. The first-order valence-electron chi connectivity index (χ1n) is 5.26. The molecule has 82 valence electrons. The van der Waals surface area contributed by atoms with Gasteiger partial charge in [-0.05, 0) is 32.9 Å². The van der Waals surface area contributed by atoms with Gasteiger partial charge in [-0.3, -0.25) is 4.79 Å². The molecule has 1 atom stereocenters. The van der Waals surface area contributed by atoms with Crippen LogP contribution in [0.4, 0.5) is 0 Å². The number of carbonyl (C=O) groups excluding carboxylic acids is 1. The molecule has 1 aliphatic heterocycles. The van der Waals surface area contributed by atoms with Gasteiger partial charge in [0, 0.05) is 19.6 Å². The number of hydrogen-bond acceptors (Lipinski definition) is 3.